The van der Waals surface area contributed by atoms with Crippen molar-refractivity contribution >= 4 is 43.1 Å². The molecule has 0 radical (unpaired) electrons. The third-order valence-electron chi connectivity index (χ3n) is 13.4. The number of fused-ring (bicyclic) bond motifs is 12. The van der Waals surface area contributed by atoms with E-state index >= 15 is 0 Å². The summed E-state index contributed by atoms with van der Waals surface area (Å²) in [6, 6.07) is 62.9. The van der Waals surface area contributed by atoms with Crippen molar-refractivity contribution in [2.24, 2.45) is 0 Å². The lowest BCUT2D eigenvalue weighted by atomic mass is 9.66. The first kappa shape index (κ1) is 34.5. The van der Waals surface area contributed by atoms with Crippen LogP contribution in [0.5, 0.6) is 34.5 Å². The summed E-state index contributed by atoms with van der Waals surface area (Å²) < 4.78 is 13.4. The van der Waals surface area contributed by atoms with E-state index in [2.05, 4.69) is 135 Å². The quantitative estimate of drug-likeness (QED) is 0.188. The zero-order valence-electron chi connectivity index (χ0n) is 33.0. The van der Waals surface area contributed by atoms with Crippen LogP contribution >= 0.6 is 0 Å². The van der Waals surface area contributed by atoms with Gasteiger partial charge in [0.2, 0.25) is 0 Å². The number of hydrogen-bond acceptors (Lipinski definition) is 4. The maximum Gasteiger partial charge on any atom is 0.132 e. The average molecular weight is 775 g/mol. The fourth-order valence-electron chi connectivity index (χ4n) is 10.6. The molecule has 10 aromatic carbocycles. The van der Waals surface area contributed by atoms with Crippen molar-refractivity contribution in [2.45, 2.75) is 24.7 Å². The zero-order chi connectivity index (χ0) is 40.3. The molecule has 4 heteroatoms. The predicted octanol–water partition coefficient (Wildman–Crippen LogP) is 14.3. The van der Waals surface area contributed by atoms with Gasteiger partial charge in [-0.15, -0.1) is 0 Å². The molecule has 0 saturated carbocycles. The molecule has 286 valence electrons. The molecule has 0 fully saturated rings. The van der Waals surface area contributed by atoms with Crippen LogP contribution in [0.1, 0.15) is 47.2 Å². The Morgan fingerprint density at radius 3 is 1.05 bits per heavy atom. The first-order chi connectivity index (χ1) is 29.3. The molecule has 2 heterocycles. The topological polar surface area (TPSA) is 58.9 Å². The van der Waals surface area contributed by atoms with E-state index in [9.17, 15) is 10.2 Å². The van der Waals surface area contributed by atoms with Crippen molar-refractivity contribution in [1.29, 1.82) is 0 Å². The van der Waals surface area contributed by atoms with Crippen LogP contribution in [0.25, 0.3) is 54.2 Å². The molecule has 2 aliphatic rings. The van der Waals surface area contributed by atoms with Gasteiger partial charge < -0.3 is 19.7 Å². The fourth-order valence-corrected chi connectivity index (χ4v) is 10.6. The lowest BCUT2D eigenvalue weighted by Gasteiger charge is -2.40. The van der Waals surface area contributed by atoms with E-state index in [0.29, 0.717) is 0 Å². The van der Waals surface area contributed by atoms with E-state index in [1.807, 2.05) is 48.5 Å². The molecule has 0 saturated heterocycles. The molecule has 0 amide bonds. The first-order valence-corrected chi connectivity index (χ1v) is 20.4. The lowest BCUT2D eigenvalue weighted by Crippen LogP contribution is -2.30. The summed E-state index contributed by atoms with van der Waals surface area (Å²) in [6.07, 6.45) is 0. The minimum Gasteiger partial charge on any atom is -0.508 e. The maximum absolute atomic E-state index is 10.5. The van der Waals surface area contributed by atoms with Gasteiger partial charge in [0.15, 0.2) is 0 Å². The van der Waals surface area contributed by atoms with E-state index in [0.717, 1.165) is 111 Å². The molecule has 10 aromatic rings. The van der Waals surface area contributed by atoms with Gasteiger partial charge in [-0.25, -0.2) is 0 Å². The Bertz CT molecular complexity index is 3190. The van der Waals surface area contributed by atoms with Crippen molar-refractivity contribution in [1.82, 2.24) is 0 Å². The Balaban J connectivity index is 1.01. The van der Waals surface area contributed by atoms with Crippen molar-refractivity contribution in [3.8, 4) is 45.6 Å². The predicted molar refractivity (Wildman–Crippen MR) is 242 cm³/mol. The summed E-state index contributed by atoms with van der Waals surface area (Å²) in [4.78, 5) is 0. The Labute approximate surface area is 347 Å². The van der Waals surface area contributed by atoms with E-state index in [1.165, 1.54) is 0 Å². The minimum atomic E-state index is -0.580. The highest BCUT2D eigenvalue weighted by Gasteiger charge is 2.44. The molecule has 12 rings (SSSR count). The van der Waals surface area contributed by atoms with Crippen LogP contribution in [-0.4, -0.2) is 10.2 Å². The zero-order valence-corrected chi connectivity index (χ0v) is 33.0. The van der Waals surface area contributed by atoms with Crippen LogP contribution in [0.2, 0.25) is 0 Å². The Kier molecular flexibility index (Phi) is 7.17. The van der Waals surface area contributed by atoms with Crippen LogP contribution in [0.15, 0.2) is 182 Å². The molecule has 0 aromatic heterocycles. The van der Waals surface area contributed by atoms with Gasteiger partial charge in [0.05, 0.1) is 10.8 Å². The smallest absolute Gasteiger partial charge is 0.132 e. The molecule has 0 spiro atoms. The standard InChI is InChI=1S/C56H38O4/c1-55(51-43-9-5-3-7-35(43)15-27-47(51)59-49-29-17-37-31-41(57)23-25-45(37)53(49)55)39-19-11-33(12-20-39)34-13-21-40(22-14-34)56(2)52-44-10-6-4-8-36(44)16-28-48(52)60-50-30-18-38-32-42(58)24-26-46(38)54(50)56/h3-32,57-58H,1-2H3. The number of aromatic hydroxyl groups is 2. The molecule has 0 bridgehead atoms. The number of ether oxygens (including phenoxy) is 2. The van der Waals surface area contributed by atoms with Gasteiger partial charge in [0, 0.05) is 22.3 Å². The molecule has 2 unspecified atom stereocenters. The number of benzene rings is 10. The number of phenolic OH excluding ortho intramolecular Hbond substituents is 2. The Morgan fingerprint density at radius 2 is 0.667 bits per heavy atom. The summed E-state index contributed by atoms with van der Waals surface area (Å²) in [5.41, 5.74) is 7.81. The molecule has 2 aliphatic heterocycles. The lowest BCUT2D eigenvalue weighted by molar-refractivity contribution is 0.431. The third kappa shape index (κ3) is 4.79. The van der Waals surface area contributed by atoms with E-state index in [4.69, 9.17) is 9.47 Å². The highest BCUT2D eigenvalue weighted by atomic mass is 16.5. The molecule has 2 N–H and O–H groups in total. The molecule has 4 nitrogen and oxygen atoms in total. The highest BCUT2D eigenvalue weighted by molar-refractivity contribution is 5.99. The van der Waals surface area contributed by atoms with Gasteiger partial charge in [-0.2, -0.15) is 0 Å². The second kappa shape index (κ2) is 12.5. The van der Waals surface area contributed by atoms with Gasteiger partial charge >= 0.3 is 0 Å². The second-order valence-corrected chi connectivity index (χ2v) is 16.6. The van der Waals surface area contributed by atoms with Crippen molar-refractivity contribution < 1.29 is 19.7 Å². The van der Waals surface area contributed by atoms with Crippen LogP contribution in [-0.2, 0) is 10.8 Å². The summed E-state index contributed by atoms with van der Waals surface area (Å²) in [7, 11) is 0. The summed E-state index contributed by atoms with van der Waals surface area (Å²) in [5, 5.41) is 29.6. The van der Waals surface area contributed by atoms with Crippen molar-refractivity contribution in [3.63, 3.8) is 0 Å². The third-order valence-corrected chi connectivity index (χ3v) is 13.4. The normalized spacial score (nSPS) is 17.7. The second-order valence-electron chi connectivity index (χ2n) is 16.6. The number of phenols is 2. The van der Waals surface area contributed by atoms with Crippen LogP contribution in [0, 0.1) is 0 Å². The van der Waals surface area contributed by atoms with Gasteiger partial charge in [-0.3, -0.25) is 0 Å². The molecule has 0 aliphatic carbocycles. The van der Waals surface area contributed by atoms with E-state index in [-0.39, 0.29) is 11.5 Å². The molecular formula is C56H38O4. The van der Waals surface area contributed by atoms with Crippen molar-refractivity contribution in [2.75, 3.05) is 0 Å². The molecule has 2 atom stereocenters. The van der Waals surface area contributed by atoms with E-state index < -0.39 is 10.8 Å². The largest absolute Gasteiger partial charge is 0.508 e. The number of hydrogen-bond donors (Lipinski definition) is 2. The van der Waals surface area contributed by atoms with Gasteiger partial charge in [-0.1, -0.05) is 133 Å². The number of rotatable bonds is 3. The van der Waals surface area contributed by atoms with Crippen LogP contribution < -0.4 is 9.47 Å². The summed E-state index contributed by atoms with van der Waals surface area (Å²) in [5.74, 6) is 3.82. The molecular weight excluding hydrogens is 737 g/mol. The van der Waals surface area contributed by atoms with Crippen molar-refractivity contribution in [3.05, 3.63) is 215 Å². The van der Waals surface area contributed by atoms with Crippen LogP contribution in [0.4, 0.5) is 0 Å². The van der Waals surface area contributed by atoms with Gasteiger partial charge in [-0.05, 0) is 128 Å². The fraction of sp³-hybridized carbons (Fsp3) is 0.0714. The van der Waals surface area contributed by atoms with Gasteiger partial charge in [0.25, 0.3) is 0 Å². The van der Waals surface area contributed by atoms with Crippen LogP contribution in [0.3, 0.4) is 0 Å². The SMILES string of the molecule is CC1(c2ccc(-c3ccc(C4(C)c5c(ccc6ccccc56)Oc5ccc6cc(O)ccc6c54)cc3)cc2)c2c(ccc3ccccc23)Oc2ccc3cc(O)ccc3c21. The minimum absolute atomic E-state index is 0.239. The monoisotopic (exact) mass is 774 g/mol. The maximum atomic E-state index is 10.5. The molecule has 60 heavy (non-hydrogen) atoms. The average Bonchev–Trinajstić information content (AvgIpc) is 3.28. The summed E-state index contributed by atoms with van der Waals surface area (Å²) in [6.45, 7) is 4.63. The van der Waals surface area contributed by atoms with Gasteiger partial charge in [0.1, 0.15) is 34.5 Å². The summed E-state index contributed by atoms with van der Waals surface area (Å²) >= 11 is 0. The first-order valence-electron chi connectivity index (χ1n) is 20.4. The Hall–Kier alpha value is -7.56. The van der Waals surface area contributed by atoms with E-state index in [1.54, 1.807) is 12.1 Å². The highest BCUT2D eigenvalue weighted by Crippen LogP contribution is 2.58. The Morgan fingerprint density at radius 1 is 0.333 bits per heavy atom.